The molecule has 0 saturated carbocycles. The fourth-order valence-electron chi connectivity index (χ4n) is 3.88. The number of unbranched alkanes of at least 4 members (excludes halogenated alkanes) is 13. The zero-order valence-corrected chi connectivity index (χ0v) is 17.8. The lowest BCUT2D eigenvalue weighted by Crippen LogP contribution is -2.32. The van der Waals surface area contributed by atoms with Gasteiger partial charge in [0.05, 0.1) is 0 Å². The minimum absolute atomic E-state index is 0.0600. The van der Waals surface area contributed by atoms with E-state index in [4.69, 9.17) is 5.73 Å². The largest absolute Gasteiger partial charge is 0.396 e. The Morgan fingerprint density at radius 1 is 0.692 bits per heavy atom. The van der Waals surface area contributed by atoms with E-state index >= 15 is 0 Å². The van der Waals surface area contributed by atoms with Gasteiger partial charge in [0, 0.05) is 12.5 Å². The van der Waals surface area contributed by atoms with Gasteiger partial charge in [-0.15, -0.1) is 0 Å². The molecule has 3 N–H and O–H groups in total. The van der Waals surface area contributed by atoms with Crippen molar-refractivity contribution in [3.8, 4) is 0 Å². The molecule has 1 amide bonds. The van der Waals surface area contributed by atoms with Crippen LogP contribution in [0.3, 0.4) is 0 Å². The Hall–Kier alpha value is -0.570. The molecule has 0 aromatic heterocycles. The number of aliphatic hydroxyl groups is 1. The molecule has 0 bridgehead atoms. The summed E-state index contributed by atoms with van der Waals surface area (Å²) in [6.45, 7) is 4.50. The first-order valence-corrected chi connectivity index (χ1v) is 11.6. The molecule has 0 aliphatic heterocycles. The Kier molecular flexibility index (Phi) is 18.8. The summed E-state index contributed by atoms with van der Waals surface area (Å²) in [5.74, 6) is -0.303. The molecule has 0 fully saturated rings. The number of primary amides is 1. The van der Waals surface area contributed by atoms with E-state index in [9.17, 15) is 9.90 Å². The van der Waals surface area contributed by atoms with E-state index < -0.39 is 0 Å². The lowest BCUT2D eigenvalue weighted by molar-refractivity contribution is -0.124. The molecule has 2 atom stereocenters. The molecule has 0 rings (SSSR count). The minimum atomic E-state index is -0.223. The van der Waals surface area contributed by atoms with E-state index in [1.165, 1.54) is 77.0 Å². The smallest absolute Gasteiger partial charge is 0.220 e. The van der Waals surface area contributed by atoms with Gasteiger partial charge in [0.2, 0.25) is 5.91 Å². The highest BCUT2D eigenvalue weighted by molar-refractivity contribution is 5.76. The van der Waals surface area contributed by atoms with Crippen LogP contribution in [-0.4, -0.2) is 17.6 Å². The molecule has 0 aliphatic rings. The summed E-state index contributed by atoms with van der Waals surface area (Å²) in [5.41, 5.74) is 5.58. The van der Waals surface area contributed by atoms with Crippen LogP contribution in [-0.2, 0) is 4.79 Å². The lowest BCUT2D eigenvalue weighted by Gasteiger charge is -2.22. The van der Waals surface area contributed by atoms with E-state index in [0.717, 1.165) is 32.1 Å². The average molecular weight is 370 g/mol. The van der Waals surface area contributed by atoms with Crippen molar-refractivity contribution in [2.24, 2.45) is 17.6 Å². The zero-order valence-electron chi connectivity index (χ0n) is 17.8. The first-order valence-electron chi connectivity index (χ1n) is 11.6. The number of hydrogen-bond donors (Lipinski definition) is 2. The highest BCUT2D eigenvalue weighted by Gasteiger charge is 2.24. The molecule has 3 heteroatoms. The Morgan fingerprint density at radius 2 is 1.12 bits per heavy atom. The number of rotatable bonds is 20. The Balaban J connectivity index is 3.59. The molecule has 2 unspecified atom stereocenters. The molecule has 0 saturated heterocycles. The second kappa shape index (κ2) is 19.2. The van der Waals surface area contributed by atoms with Crippen LogP contribution < -0.4 is 5.73 Å². The quantitative estimate of drug-likeness (QED) is 0.245. The van der Waals surface area contributed by atoms with Crippen LogP contribution in [0.5, 0.6) is 0 Å². The van der Waals surface area contributed by atoms with Gasteiger partial charge < -0.3 is 10.8 Å². The highest BCUT2D eigenvalue weighted by atomic mass is 16.3. The number of carbonyl (C=O) groups excluding carboxylic acids is 1. The van der Waals surface area contributed by atoms with E-state index in [1.807, 2.05) is 0 Å². The van der Waals surface area contributed by atoms with Crippen molar-refractivity contribution in [3.63, 3.8) is 0 Å². The molecule has 0 aromatic rings. The molecular weight excluding hydrogens is 322 g/mol. The van der Waals surface area contributed by atoms with Crippen molar-refractivity contribution >= 4 is 5.91 Å². The van der Waals surface area contributed by atoms with Crippen molar-refractivity contribution in [2.75, 3.05) is 6.61 Å². The molecule has 0 spiro atoms. The summed E-state index contributed by atoms with van der Waals surface area (Å²) in [5, 5.41) is 9.57. The van der Waals surface area contributed by atoms with Gasteiger partial charge in [-0.25, -0.2) is 0 Å². The molecule has 0 aliphatic carbocycles. The number of amides is 1. The summed E-state index contributed by atoms with van der Waals surface area (Å²) in [7, 11) is 0. The number of nitrogens with two attached hydrogens (primary N) is 1. The van der Waals surface area contributed by atoms with Crippen LogP contribution in [0.4, 0.5) is 0 Å². The van der Waals surface area contributed by atoms with Crippen molar-refractivity contribution in [1.29, 1.82) is 0 Å². The van der Waals surface area contributed by atoms with Gasteiger partial charge in [0.1, 0.15) is 0 Å². The van der Waals surface area contributed by atoms with E-state index in [1.54, 1.807) is 0 Å². The number of carbonyl (C=O) groups is 1. The lowest BCUT2D eigenvalue weighted by atomic mass is 9.84. The number of aliphatic hydroxyl groups excluding tert-OH is 1. The summed E-state index contributed by atoms with van der Waals surface area (Å²) in [6.07, 6.45) is 21.3. The van der Waals surface area contributed by atoms with Crippen LogP contribution in [0.25, 0.3) is 0 Å². The standard InChI is InChI=1S/C23H47NO2/c1-3-5-7-8-9-10-11-12-13-14-15-16-17-19-22(23(24)26)21(20-25)18-6-4-2/h21-22,25H,3-20H2,1-2H3,(H2,24,26). The Bertz CT molecular complexity index is 307. The van der Waals surface area contributed by atoms with Crippen molar-refractivity contribution in [1.82, 2.24) is 0 Å². The molecule has 0 heterocycles. The summed E-state index contributed by atoms with van der Waals surface area (Å²) in [6, 6.07) is 0. The van der Waals surface area contributed by atoms with Gasteiger partial charge in [0.15, 0.2) is 0 Å². The Morgan fingerprint density at radius 3 is 1.50 bits per heavy atom. The van der Waals surface area contributed by atoms with Crippen LogP contribution in [0.2, 0.25) is 0 Å². The van der Waals surface area contributed by atoms with Crippen LogP contribution >= 0.6 is 0 Å². The molecule has 3 nitrogen and oxygen atoms in total. The Labute approximate surface area is 163 Å². The fraction of sp³-hybridized carbons (Fsp3) is 0.957. The second-order valence-electron chi connectivity index (χ2n) is 8.13. The van der Waals surface area contributed by atoms with Gasteiger partial charge in [-0.3, -0.25) is 4.79 Å². The van der Waals surface area contributed by atoms with Gasteiger partial charge in [-0.1, -0.05) is 110 Å². The zero-order chi connectivity index (χ0) is 19.5. The second-order valence-corrected chi connectivity index (χ2v) is 8.13. The third-order valence-electron chi connectivity index (χ3n) is 5.72. The minimum Gasteiger partial charge on any atom is -0.396 e. The van der Waals surface area contributed by atoms with Crippen molar-refractivity contribution in [3.05, 3.63) is 0 Å². The first kappa shape index (κ1) is 25.4. The maximum absolute atomic E-state index is 11.7. The number of hydrogen-bond acceptors (Lipinski definition) is 2. The van der Waals surface area contributed by atoms with Crippen LogP contribution in [0, 0.1) is 11.8 Å². The van der Waals surface area contributed by atoms with Gasteiger partial charge in [-0.05, 0) is 18.8 Å². The van der Waals surface area contributed by atoms with E-state index in [2.05, 4.69) is 13.8 Å². The summed E-state index contributed by atoms with van der Waals surface area (Å²) < 4.78 is 0. The normalized spacial score (nSPS) is 13.7. The van der Waals surface area contributed by atoms with Gasteiger partial charge in [-0.2, -0.15) is 0 Å². The fourth-order valence-corrected chi connectivity index (χ4v) is 3.88. The van der Waals surface area contributed by atoms with E-state index in [-0.39, 0.29) is 24.3 Å². The third-order valence-corrected chi connectivity index (χ3v) is 5.72. The maximum atomic E-state index is 11.7. The predicted octanol–water partition coefficient (Wildman–Crippen LogP) is 6.37. The van der Waals surface area contributed by atoms with Crippen LogP contribution in [0.1, 0.15) is 123 Å². The van der Waals surface area contributed by atoms with Gasteiger partial charge in [0.25, 0.3) is 0 Å². The maximum Gasteiger partial charge on any atom is 0.220 e. The molecular formula is C23H47NO2. The molecule has 0 radical (unpaired) electrons. The van der Waals surface area contributed by atoms with Crippen molar-refractivity contribution < 1.29 is 9.90 Å². The summed E-state index contributed by atoms with van der Waals surface area (Å²) >= 11 is 0. The summed E-state index contributed by atoms with van der Waals surface area (Å²) in [4.78, 5) is 11.7. The first-order chi connectivity index (χ1) is 12.7. The van der Waals surface area contributed by atoms with Gasteiger partial charge >= 0.3 is 0 Å². The highest BCUT2D eigenvalue weighted by Crippen LogP contribution is 2.24. The average Bonchev–Trinajstić information content (AvgIpc) is 2.63. The molecule has 156 valence electrons. The molecule has 0 aromatic carbocycles. The monoisotopic (exact) mass is 369 g/mol. The SMILES string of the molecule is CCCCCCCCCCCCCCCC(C(N)=O)C(CO)CCCC. The van der Waals surface area contributed by atoms with Crippen LogP contribution in [0.15, 0.2) is 0 Å². The predicted molar refractivity (Wildman–Crippen MR) is 113 cm³/mol. The molecule has 26 heavy (non-hydrogen) atoms. The van der Waals surface area contributed by atoms with E-state index in [0.29, 0.717) is 0 Å². The topological polar surface area (TPSA) is 63.3 Å². The van der Waals surface area contributed by atoms with Crippen molar-refractivity contribution in [2.45, 2.75) is 123 Å². The third kappa shape index (κ3) is 14.6.